The van der Waals surface area contributed by atoms with Crippen molar-refractivity contribution in [1.82, 2.24) is 0 Å². The van der Waals surface area contributed by atoms with Gasteiger partial charge in [0.25, 0.3) is 0 Å². The molecule has 0 aliphatic heterocycles. The summed E-state index contributed by atoms with van der Waals surface area (Å²) in [5, 5.41) is 7.83. The number of carboxylic acid groups (broad SMARTS) is 1. The van der Waals surface area contributed by atoms with Crippen LogP contribution in [0.2, 0.25) is 0 Å². The molecule has 0 aromatic heterocycles. The van der Waals surface area contributed by atoms with Gasteiger partial charge in [-0.1, -0.05) is 23.8 Å². The lowest BCUT2D eigenvalue weighted by Crippen LogP contribution is -2.16. The SMILES string of the molecule is CC(/C=C/C(=O)O)=C\C(C)S(=O)(=O)c1ccc(C)c(C)c1. The molecule has 0 heterocycles. The number of hydrogen-bond donors (Lipinski definition) is 1. The van der Waals surface area contributed by atoms with E-state index in [0.29, 0.717) is 5.57 Å². The summed E-state index contributed by atoms with van der Waals surface area (Å²) in [5.74, 6) is -1.06. The molecule has 1 aromatic carbocycles. The van der Waals surface area contributed by atoms with Gasteiger partial charge in [-0.05, 0) is 51.0 Å². The molecule has 1 aromatic rings. The van der Waals surface area contributed by atoms with Crippen LogP contribution in [-0.4, -0.2) is 24.7 Å². The fourth-order valence-corrected chi connectivity index (χ4v) is 3.25. The van der Waals surface area contributed by atoms with E-state index < -0.39 is 21.1 Å². The van der Waals surface area contributed by atoms with Crippen LogP contribution >= 0.6 is 0 Å². The van der Waals surface area contributed by atoms with Gasteiger partial charge in [0.05, 0.1) is 10.1 Å². The highest BCUT2D eigenvalue weighted by Crippen LogP contribution is 2.21. The van der Waals surface area contributed by atoms with Gasteiger partial charge in [-0.15, -0.1) is 0 Å². The molecule has 5 heteroatoms. The zero-order chi connectivity index (χ0) is 16.2. The number of aryl methyl sites for hydroxylation is 2. The average Bonchev–Trinajstić information content (AvgIpc) is 2.39. The van der Waals surface area contributed by atoms with Crippen LogP contribution in [0.4, 0.5) is 0 Å². The van der Waals surface area contributed by atoms with Gasteiger partial charge in [-0.25, -0.2) is 13.2 Å². The van der Waals surface area contributed by atoms with E-state index >= 15 is 0 Å². The maximum Gasteiger partial charge on any atom is 0.328 e. The van der Waals surface area contributed by atoms with Crippen LogP contribution in [0.5, 0.6) is 0 Å². The number of aliphatic carboxylic acids is 1. The van der Waals surface area contributed by atoms with Gasteiger partial charge in [0.2, 0.25) is 0 Å². The van der Waals surface area contributed by atoms with Gasteiger partial charge in [0.15, 0.2) is 9.84 Å². The van der Waals surface area contributed by atoms with Crippen molar-refractivity contribution in [2.45, 2.75) is 37.8 Å². The van der Waals surface area contributed by atoms with E-state index in [4.69, 9.17) is 5.11 Å². The first-order valence-corrected chi connectivity index (χ1v) is 8.10. The number of allylic oxidation sites excluding steroid dienone is 2. The quantitative estimate of drug-likeness (QED) is 0.670. The summed E-state index contributed by atoms with van der Waals surface area (Å²) in [7, 11) is -3.47. The number of carbonyl (C=O) groups is 1. The molecule has 0 fully saturated rings. The van der Waals surface area contributed by atoms with Crippen molar-refractivity contribution < 1.29 is 18.3 Å². The Morgan fingerprint density at radius 3 is 2.33 bits per heavy atom. The lowest BCUT2D eigenvalue weighted by atomic mass is 10.1. The van der Waals surface area contributed by atoms with Crippen LogP contribution in [-0.2, 0) is 14.6 Å². The fraction of sp³-hybridized carbons (Fsp3) is 0.312. The molecule has 1 N–H and O–H groups in total. The van der Waals surface area contributed by atoms with Crippen LogP contribution in [0.3, 0.4) is 0 Å². The van der Waals surface area contributed by atoms with Crippen molar-refractivity contribution in [3.63, 3.8) is 0 Å². The monoisotopic (exact) mass is 308 g/mol. The van der Waals surface area contributed by atoms with Crippen molar-refractivity contribution >= 4 is 15.8 Å². The Morgan fingerprint density at radius 1 is 1.19 bits per heavy atom. The zero-order valence-corrected chi connectivity index (χ0v) is 13.4. The standard InChI is InChI=1S/C16H20O4S/c1-11(5-8-16(17)18)9-14(4)21(19,20)15-7-6-12(2)13(3)10-15/h5-10,14H,1-4H3,(H,17,18)/b8-5+,11-9+. The summed E-state index contributed by atoms with van der Waals surface area (Å²) in [5.41, 5.74) is 2.56. The summed E-state index contributed by atoms with van der Waals surface area (Å²) in [6, 6.07) is 5.05. The molecule has 0 amide bonds. The molecule has 4 nitrogen and oxygen atoms in total. The third kappa shape index (κ3) is 4.56. The molecule has 114 valence electrons. The molecule has 0 bridgehead atoms. The number of hydrogen-bond acceptors (Lipinski definition) is 3. The highest BCUT2D eigenvalue weighted by molar-refractivity contribution is 7.92. The molecule has 1 rings (SSSR count). The molecule has 21 heavy (non-hydrogen) atoms. The van der Waals surface area contributed by atoms with Gasteiger partial charge in [-0.2, -0.15) is 0 Å². The van der Waals surface area contributed by atoms with Crippen molar-refractivity contribution in [3.8, 4) is 0 Å². The van der Waals surface area contributed by atoms with E-state index in [0.717, 1.165) is 17.2 Å². The second-order valence-corrected chi connectivity index (χ2v) is 7.38. The predicted octanol–water partition coefficient (Wildman–Crippen LogP) is 3.05. The van der Waals surface area contributed by atoms with Crippen LogP contribution < -0.4 is 0 Å². The Balaban J connectivity index is 3.09. The second-order valence-electron chi connectivity index (χ2n) is 5.08. The number of rotatable bonds is 5. The number of sulfone groups is 1. The van der Waals surface area contributed by atoms with Crippen molar-refractivity contribution in [2.75, 3.05) is 0 Å². The molecular formula is C16H20O4S. The minimum Gasteiger partial charge on any atom is -0.478 e. The minimum absolute atomic E-state index is 0.282. The maximum atomic E-state index is 12.5. The fourth-order valence-electron chi connectivity index (χ4n) is 1.82. The zero-order valence-electron chi connectivity index (χ0n) is 12.6. The Morgan fingerprint density at radius 2 is 1.81 bits per heavy atom. The van der Waals surface area contributed by atoms with Crippen LogP contribution in [0.1, 0.15) is 25.0 Å². The van der Waals surface area contributed by atoms with Crippen LogP contribution in [0.25, 0.3) is 0 Å². The molecule has 0 radical (unpaired) electrons. The van der Waals surface area contributed by atoms with E-state index in [1.165, 1.54) is 6.08 Å². The highest BCUT2D eigenvalue weighted by atomic mass is 32.2. The molecular weight excluding hydrogens is 288 g/mol. The van der Waals surface area contributed by atoms with E-state index in [1.54, 1.807) is 38.1 Å². The van der Waals surface area contributed by atoms with Gasteiger partial charge in [0.1, 0.15) is 0 Å². The first-order valence-electron chi connectivity index (χ1n) is 6.55. The molecule has 0 aliphatic carbocycles. The number of carboxylic acids is 1. The largest absolute Gasteiger partial charge is 0.478 e. The summed E-state index contributed by atoms with van der Waals surface area (Å²) >= 11 is 0. The summed E-state index contributed by atoms with van der Waals surface area (Å²) in [6.45, 7) is 7.06. The second kappa shape index (κ2) is 6.72. The molecule has 0 saturated carbocycles. The molecule has 0 spiro atoms. The van der Waals surface area contributed by atoms with E-state index in [2.05, 4.69) is 0 Å². The average molecular weight is 308 g/mol. The highest BCUT2D eigenvalue weighted by Gasteiger charge is 2.21. The van der Waals surface area contributed by atoms with Crippen molar-refractivity contribution in [1.29, 1.82) is 0 Å². The third-order valence-electron chi connectivity index (χ3n) is 3.28. The first-order chi connectivity index (χ1) is 9.64. The predicted molar refractivity (Wildman–Crippen MR) is 83.1 cm³/mol. The Kier molecular flexibility index (Phi) is 5.49. The Labute approximate surface area is 125 Å². The molecule has 0 aliphatic rings. The topological polar surface area (TPSA) is 71.4 Å². The van der Waals surface area contributed by atoms with Crippen molar-refractivity contribution in [2.24, 2.45) is 0 Å². The van der Waals surface area contributed by atoms with E-state index in [-0.39, 0.29) is 4.90 Å². The van der Waals surface area contributed by atoms with Crippen LogP contribution in [0.15, 0.2) is 46.9 Å². The molecule has 1 atom stereocenters. The maximum absolute atomic E-state index is 12.5. The normalized spacial score (nSPS) is 14.4. The minimum atomic E-state index is -3.47. The summed E-state index contributed by atoms with van der Waals surface area (Å²) in [4.78, 5) is 10.7. The van der Waals surface area contributed by atoms with Gasteiger partial charge >= 0.3 is 5.97 Å². The lowest BCUT2D eigenvalue weighted by molar-refractivity contribution is -0.131. The Bertz CT molecular complexity index is 697. The summed E-state index contributed by atoms with van der Waals surface area (Å²) < 4.78 is 25.0. The smallest absolute Gasteiger partial charge is 0.328 e. The van der Waals surface area contributed by atoms with Crippen molar-refractivity contribution in [3.05, 3.63) is 53.1 Å². The van der Waals surface area contributed by atoms with E-state index in [1.807, 2.05) is 13.8 Å². The van der Waals surface area contributed by atoms with Gasteiger partial charge in [0, 0.05) is 6.08 Å². The van der Waals surface area contributed by atoms with Gasteiger partial charge in [-0.3, -0.25) is 0 Å². The van der Waals surface area contributed by atoms with Gasteiger partial charge < -0.3 is 5.11 Å². The molecule has 0 saturated heterocycles. The number of benzene rings is 1. The Hall–Kier alpha value is -1.88. The van der Waals surface area contributed by atoms with E-state index in [9.17, 15) is 13.2 Å². The first kappa shape index (κ1) is 17.2. The summed E-state index contributed by atoms with van der Waals surface area (Å²) in [6.07, 6.45) is 3.92. The third-order valence-corrected chi connectivity index (χ3v) is 5.31. The van der Waals surface area contributed by atoms with Crippen LogP contribution in [0, 0.1) is 13.8 Å². The lowest BCUT2D eigenvalue weighted by Gasteiger charge is -2.11. The molecule has 1 unspecified atom stereocenters.